The average molecular weight is 632 g/mol. The molecule has 36 heavy (non-hydrogen) atoms. The topological polar surface area (TPSA) is 49.4 Å². The normalized spacial score (nSPS) is 12.6. The molecule has 0 bridgehead atoms. The average Bonchev–Trinajstić information content (AvgIpc) is 2.87. The first kappa shape index (κ1) is 28.5. The third-order valence-corrected chi connectivity index (χ3v) is 7.93. The summed E-state index contributed by atoms with van der Waals surface area (Å²) in [6, 6.07) is 25.4. The van der Waals surface area contributed by atoms with Gasteiger partial charge in [0.05, 0.1) is 5.75 Å². The van der Waals surface area contributed by atoms with Gasteiger partial charge >= 0.3 is 0 Å². The second-order valence-electron chi connectivity index (χ2n) is 8.79. The summed E-state index contributed by atoms with van der Waals surface area (Å²) in [6.07, 6.45) is 1.28. The number of carbonyl (C=O) groups is 2. The van der Waals surface area contributed by atoms with Crippen molar-refractivity contribution in [2.24, 2.45) is 0 Å². The molecule has 2 amide bonds. The maximum Gasteiger partial charge on any atom is 0.243 e. The van der Waals surface area contributed by atoms with E-state index in [1.54, 1.807) is 16.7 Å². The van der Waals surface area contributed by atoms with Gasteiger partial charge in [-0.3, -0.25) is 9.59 Å². The molecule has 0 aromatic heterocycles. The minimum Gasteiger partial charge on any atom is -0.352 e. The Bertz CT molecular complexity index is 1130. The summed E-state index contributed by atoms with van der Waals surface area (Å²) in [6.45, 7) is 4.40. The van der Waals surface area contributed by atoms with Gasteiger partial charge in [-0.2, -0.15) is 0 Å². The van der Waals surface area contributed by atoms with E-state index in [-0.39, 0.29) is 17.9 Å². The van der Waals surface area contributed by atoms with Crippen molar-refractivity contribution < 1.29 is 9.59 Å². The van der Waals surface area contributed by atoms with Crippen molar-refractivity contribution in [2.45, 2.75) is 51.1 Å². The molecule has 0 unspecified atom stereocenters. The summed E-state index contributed by atoms with van der Waals surface area (Å²) in [5.74, 6) is 0.866. The van der Waals surface area contributed by atoms with Crippen molar-refractivity contribution in [1.82, 2.24) is 10.2 Å². The van der Waals surface area contributed by atoms with Gasteiger partial charge in [-0.05, 0) is 54.3 Å². The van der Waals surface area contributed by atoms with Crippen LogP contribution in [0.1, 0.15) is 37.0 Å². The van der Waals surface area contributed by atoms with Crippen LogP contribution in [0.2, 0.25) is 0 Å². The molecule has 0 aliphatic rings. The number of nitrogens with one attached hydrogen (secondary N) is 1. The summed E-state index contributed by atoms with van der Waals surface area (Å²) < 4.78 is 1.98. The third kappa shape index (κ3) is 9.09. The van der Waals surface area contributed by atoms with E-state index in [2.05, 4.69) is 49.3 Å². The number of hydrogen-bond donors (Lipinski definition) is 1. The second kappa shape index (κ2) is 14.6. The number of thioether (sulfide) groups is 1. The van der Waals surface area contributed by atoms with Gasteiger partial charge in [0, 0.05) is 33.7 Å². The van der Waals surface area contributed by atoms with Crippen LogP contribution in [0.3, 0.4) is 0 Å². The quantitative estimate of drug-likeness (QED) is 0.234. The summed E-state index contributed by atoms with van der Waals surface area (Å²) in [5, 5.41) is 3.12. The number of hydrogen-bond acceptors (Lipinski definition) is 3. The first-order chi connectivity index (χ1) is 17.4. The zero-order valence-corrected chi connectivity index (χ0v) is 24.6. The highest BCUT2D eigenvalue weighted by molar-refractivity contribution is 9.10. The van der Waals surface area contributed by atoms with E-state index >= 15 is 0 Å². The van der Waals surface area contributed by atoms with E-state index in [1.807, 2.05) is 80.6 Å². The van der Waals surface area contributed by atoms with Crippen LogP contribution in [0.25, 0.3) is 0 Å². The van der Waals surface area contributed by atoms with Crippen molar-refractivity contribution in [3.05, 3.63) is 104 Å². The monoisotopic (exact) mass is 630 g/mol. The predicted molar refractivity (Wildman–Crippen MR) is 157 cm³/mol. The van der Waals surface area contributed by atoms with Crippen molar-refractivity contribution in [3.8, 4) is 0 Å². The summed E-state index contributed by atoms with van der Waals surface area (Å²) in [7, 11) is 0. The summed E-state index contributed by atoms with van der Waals surface area (Å²) >= 11 is 8.56. The van der Waals surface area contributed by atoms with Gasteiger partial charge in [-0.25, -0.2) is 0 Å². The van der Waals surface area contributed by atoms with Crippen LogP contribution in [-0.4, -0.2) is 34.6 Å². The summed E-state index contributed by atoms with van der Waals surface area (Å²) in [5.41, 5.74) is 3.16. The van der Waals surface area contributed by atoms with E-state index in [0.29, 0.717) is 18.7 Å². The Morgan fingerprint density at radius 1 is 0.889 bits per heavy atom. The number of carbonyl (C=O) groups excluding carboxylic acids is 2. The number of rotatable bonds is 12. The fourth-order valence-corrected chi connectivity index (χ4v) is 5.33. The van der Waals surface area contributed by atoms with Gasteiger partial charge < -0.3 is 10.2 Å². The van der Waals surface area contributed by atoms with Crippen LogP contribution < -0.4 is 5.32 Å². The maximum atomic E-state index is 13.7. The lowest BCUT2D eigenvalue weighted by Gasteiger charge is -2.32. The number of benzene rings is 3. The molecule has 0 heterocycles. The standard InChI is InChI=1S/C29H32Br2N2O2S/c1-3-21(2)32-29(35)27(17-22-8-5-4-6-9-22)33(18-24-10-7-11-26(31)16-24)28(34)20-36-19-23-12-14-25(30)15-13-23/h4-16,21,27H,3,17-20H2,1-2H3,(H,32,35)/t21-,27-/m1/s1. The molecule has 3 aromatic rings. The highest BCUT2D eigenvalue weighted by Gasteiger charge is 2.30. The van der Waals surface area contributed by atoms with Crippen molar-refractivity contribution in [3.63, 3.8) is 0 Å². The molecule has 0 saturated heterocycles. The van der Waals surface area contributed by atoms with E-state index in [1.165, 1.54) is 0 Å². The Morgan fingerprint density at radius 3 is 2.25 bits per heavy atom. The molecule has 3 aromatic carbocycles. The van der Waals surface area contributed by atoms with Crippen LogP contribution in [0, 0.1) is 0 Å². The van der Waals surface area contributed by atoms with Crippen LogP contribution in [0.4, 0.5) is 0 Å². The largest absolute Gasteiger partial charge is 0.352 e. The zero-order chi connectivity index (χ0) is 25.9. The molecule has 3 rings (SSSR count). The number of amides is 2. The van der Waals surface area contributed by atoms with Crippen LogP contribution in [-0.2, 0) is 28.3 Å². The van der Waals surface area contributed by atoms with Crippen molar-refractivity contribution >= 4 is 55.4 Å². The van der Waals surface area contributed by atoms with Gasteiger partial charge in [0.2, 0.25) is 11.8 Å². The molecular weight excluding hydrogens is 600 g/mol. The first-order valence-corrected chi connectivity index (χ1v) is 14.8. The zero-order valence-electron chi connectivity index (χ0n) is 20.6. The Hall–Kier alpha value is -2.09. The van der Waals surface area contributed by atoms with Gasteiger partial charge in [-0.15, -0.1) is 11.8 Å². The molecule has 190 valence electrons. The Balaban J connectivity index is 1.85. The fraction of sp³-hybridized carbons (Fsp3) is 0.310. The van der Waals surface area contributed by atoms with Crippen LogP contribution in [0.15, 0.2) is 87.8 Å². The maximum absolute atomic E-state index is 13.7. The van der Waals surface area contributed by atoms with Crippen molar-refractivity contribution in [2.75, 3.05) is 5.75 Å². The molecule has 2 atom stereocenters. The Kier molecular flexibility index (Phi) is 11.5. The highest BCUT2D eigenvalue weighted by atomic mass is 79.9. The van der Waals surface area contributed by atoms with E-state index in [0.717, 1.165) is 37.8 Å². The Morgan fingerprint density at radius 2 is 1.58 bits per heavy atom. The lowest BCUT2D eigenvalue weighted by atomic mass is 10.0. The fourth-order valence-electron chi connectivity index (χ4n) is 3.75. The van der Waals surface area contributed by atoms with Gasteiger partial charge in [0.1, 0.15) is 6.04 Å². The van der Waals surface area contributed by atoms with Gasteiger partial charge in [-0.1, -0.05) is 93.4 Å². The number of nitrogens with zero attached hydrogens (tertiary/aromatic N) is 1. The molecular formula is C29H32Br2N2O2S. The molecule has 0 radical (unpaired) electrons. The molecule has 0 aliphatic carbocycles. The molecule has 0 aliphatic heterocycles. The minimum absolute atomic E-state index is 0.0328. The van der Waals surface area contributed by atoms with E-state index in [9.17, 15) is 9.59 Å². The number of halogens is 2. The molecule has 0 spiro atoms. The predicted octanol–water partition coefficient (Wildman–Crippen LogP) is 7.00. The summed E-state index contributed by atoms with van der Waals surface area (Å²) in [4.78, 5) is 28.9. The molecule has 0 fully saturated rings. The minimum atomic E-state index is -0.610. The highest BCUT2D eigenvalue weighted by Crippen LogP contribution is 2.21. The SMILES string of the molecule is CC[C@@H](C)NC(=O)[C@@H](Cc1ccccc1)N(Cc1cccc(Br)c1)C(=O)CSCc1ccc(Br)cc1. The first-order valence-electron chi connectivity index (χ1n) is 12.1. The smallest absolute Gasteiger partial charge is 0.243 e. The molecule has 4 nitrogen and oxygen atoms in total. The van der Waals surface area contributed by atoms with Crippen LogP contribution >= 0.6 is 43.6 Å². The van der Waals surface area contributed by atoms with Gasteiger partial charge in [0.25, 0.3) is 0 Å². The van der Waals surface area contributed by atoms with Crippen LogP contribution in [0.5, 0.6) is 0 Å². The molecule has 1 N–H and O–H groups in total. The Labute approximate surface area is 235 Å². The third-order valence-electron chi connectivity index (χ3n) is 5.92. The second-order valence-corrected chi connectivity index (χ2v) is 11.6. The molecule has 0 saturated carbocycles. The lowest BCUT2D eigenvalue weighted by molar-refractivity contribution is -0.139. The van der Waals surface area contributed by atoms with E-state index in [4.69, 9.17) is 0 Å². The lowest BCUT2D eigenvalue weighted by Crippen LogP contribution is -2.52. The molecule has 7 heteroatoms. The van der Waals surface area contributed by atoms with Crippen molar-refractivity contribution in [1.29, 1.82) is 0 Å². The van der Waals surface area contributed by atoms with E-state index < -0.39 is 6.04 Å². The van der Waals surface area contributed by atoms with Gasteiger partial charge in [0.15, 0.2) is 0 Å².